The zero-order valence-electron chi connectivity index (χ0n) is 13.3. The van der Waals surface area contributed by atoms with Gasteiger partial charge >= 0.3 is 5.97 Å². The lowest BCUT2D eigenvalue weighted by atomic mass is 9.87. The smallest absolute Gasteiger partial charge is 0.305 e. The number of hydrogen-bond acceptors (Lipinski definition) is 4. The van der Waals surface area contributed by atoms with Crippen LogP contribution in [0.3, 0.4) is 0 Å². The Morgan fingerprint density at radius 2 is 2.10 bits per heavy atom. The van der Waals surface area contributed by atoms with Crippen LogP contribution >= 0.6 is 0 Å². The molecule has 2 N–H and O–H groups in total. The average molecular weight is 289 g/mol. The molecule has 5 nitrogen and oxygen atoms in total. The molecule has 21 heavy (non-hydrogen) atoms. The summed E-state index contributed by atoms with van der Waals surface area (Å²) in [6.07, 6.45) is 0.715. The van der Waals surface area contributed by atoms with E-state index in [0.717, 1.165) is 5.69 Å². The number of pyridine rings is 1. The summed E-state index contributed by atoms with van der Waals surface area (Å²) in [5, 5.41) is 21.6. The van der Waals surface area contributed by atoms with Crippen LogP contribution < -0.4 is 5.32 Å². The first-order valence-corrected chi connectivity index (χ1v) is 6.99. The van der Waals surface area contributed by atoms with Gasteiger partial charge in [0.1, 0.15) is 6.07 Å². The maximum Gasteiger partial charge on any atom is 0.305 e. The number of aromatic nitrogens is 1. The molecule has 1 heterocycles. The van der Waals surface area contributed by atoms with E-state index < -0.39 is 5.97 Å². The lowest BCUT2D eigenvalue weighted by Crippen LogP contribution is -2.28. The number of anilines is 1. The summed E-state index contributed by atoms with van der Waals surface area (Å²) in [5.74, 6) is -0.849. The molecule has 0 bridgehead atoms. The van der Waals surface area contributed by atoms with Gasteiger partial charge in [-0.1, -0.05) is 20.8 Å². The Morgan fingerprint density at radius 3 is 2.57 bits per heavy atom. The van der Waals surface area contributed by atoms with Crippen molar-refractivity contribution in [1.82, 2.24) is 4.98 Å². The van der Waals surface area contributed by atoms with E-state index in [9.17, 15) is 10.1 Å². The molecule has 0 saturated heterocycles. The molecular formula is C16H23N3O2. The minimum absolute atomic E-state index is 0.00293. The van der Waals surface area contributed by atoms with E-state index >= 15 is 0 Å². The summed E-state index contributed by atoms with van der Waals surface area (Å²) in [6, 6.07) is 3.71. The van der Waals surface area contributed by atoms with Crippen LogP contribution in [0, 0.1) is 30.6 Å². The Morgan fingerprint density at radius 1 is 1.48 bits per heavy atom. The van der Waals surface area contributed by atoms with E-state index in [1.54, 1.807) is 13.0 Å². The number of nitrogens with one attached hydrogen (secondary N) is 1. The second-order valence-corrected chi connectivity index (χ2v) is 6.59. The van der Waals surface area contributed by atoms with Crippen LogP contribution in [0.1, 0.15) is 50.6 Å². The summed E-state index contributed by atoms with van der Waals surface area (Å²) >= 11 is 0. The number of aryl methyl sites for hydroxylation is 2. The van der Waals surface area contributed by atoms with Gasteiger partial charge in [-0.2, -0.15) is 5.26 Å². The fraction of sp³-hybridized carbons (Fsp3) is 0.562. The normalized spacial score (nSPS) is 12.6. The van der Waals surface area contributed by atoms with Gasteiger partial charge in [0.2, 0.25) is 0 Å². The first-order chi connectivity index (χ1) is 9.62. The van der Waals surface area contributed by atoms with Gasteiger partial charge in [0.25, 0.3) is 0 Å². The van der Waals surface area contributed by atoms with Crippen molar-refractivity contribution in [2.24, 2.45) is 5.41 Å². The number of nitriles is 1. The fourth-order valence-corrected chi connectivity index (χ4v) is 2.43. The third-order valence-electron chi connectivity index (χ3n) is 3.08. The summed E-state index contributed by atoms with van der Waals surface area (Å²) in [7, 11) is 0. The summed E-state index contributed by atoms with van der Waals surface area (Å²) in [5.41, 5.74) is 2.60. The van der Waals surface area contributed by atoms with Gasteiger partial charge < -0.3 is 10.4 Å². The standard InChI is InChI=1S/C16H23N3O2/c1-10-6-14(13(9-17)11(2)18-10)19-12(7-15(20)21)8-16(3,4)5/h6,12H,7-8H2,1-5H3,(H,18,19)(H,20,21). The molecule has 1 aromatic rings. The maximum atomic E-state index is 11.1. The van der Waals surface area contributed by atoms with E-state index in [1.165, 1.54) is 0 Å². The molecule has 1 unspecified atom stereocenters. The van der Waals surface area contributed by atoms with E-state index in [4.69, 9.17) is 5.11 Å². The predicted molar refractivity (Wildman–Crippen MR) is 82.2 cm³/mol. The highest BCUT2D eigenvalue weighted by molar-refractivity contribution is 5.69. The van der Waals surface area contributed by atoms with Crippen molar-refractivity contribution in [3.63, 3.8) is 0 Å². The number of nitrogens with zero attached hydrogens (tertiary/aromatic N) is 2. The minimum atomic E-state index is -0.849. The molecule has 0 aliphatic heterocycles. The number of rotatable bonds is 5. The molecule has 0 fully saturated rings. The van der Waals surface area contributed by atoms with E-state index in [0.29, 0.717) is 23.4 Å². The summed E-state index contributed by atoms with van der Waals surface area (Å²) in [4.78, 5) is 15.3. The highest BCUT2D eigenvalue weighted by Crippen LogP contribution is 2.26. The number of hydrogen-bond donors (Lipinski definition) is 2. The molecule has 0 amide bonds. The third-order valence-corrected chi connectivity index (χ3v) is 3.08. The lowest BCUT2D eigenvalue weighted by molar-refractivity contribution is -0.137. The van der Waals surface area contributed by atoms with Crippen molar-refractivity contribution in [2.75, 3.05) is 5.32 Å². The molecule has 1 rings (SSSR count). The van der Waals surface area contributed by atoms with Crippen molar-refractivity contribution in [2.45, 2.75) is 53.5 Å². The Bertz CT molecular complexity index is 568. The van der Waals surface area contributed by atoms with Crippen LogP contribution in [0.4, 0.5) is 5.69 Å². The maximum absolute atomic E-state index is 11.1. The van der Waals surface area contributed by atoms with Crippen molar-refractivity contribution >= 4 is 11.7 Å². The van der Waals surface area contributed by atoms with Crippen LogP contribution in [0.5, 0.6) is 0 Å². The van der Waals surface area contributed by atoms with Crippen LogP contribution in [0.25, 0.3) is 0 Å². The number of aliphatic carboxylic acids is 1. The molecule has 5 heteroatoms. The van der Waals surface area contributed by atoms with Crippen LogP contribution in [-0.4, -0.2) is 22.1 Å². The van der Waals surface area contributed by atoms with Gasteiger partial charge in [0, 0.05) is 11.7 Å². The monoisotopic (exact) mass is 289 g/mol. The lowest BCUT2D eigenvalue weighted by Gasteiger charge is -2.27. The average Bonchev–Trinajstić information content (AvgIpc) is 2.24. The molecular weight excluding hydrogens is 266 g/mol. The predicted octanol–water partition coefficient (Wildman–Crippen LogP) is 3.26. The van der Waals surface area contributed by atoms with Crippen LogP contribution in [-0.2, 0) is 4.79 Å². The molecule has 0 radical (unpaired) electrons. The Kier molecular flexibility index (Phi) is 5.31. The first kappa shape index (κ1) is 17.0. The van der Waals surface area contributed by atoms with Crippen molar-refractivity contribution in [1.29, 1.82) is 5.26 Å². The highest BCUT2D eigenvalue weighted by Gasteiger charge is 2.22. The number of carboxylic acid groups (broad SMARTS) is 1. The third kappa shape index (κ3) is 5.42. The number of carbonyl (C=O) groups is 1. The second kappa shape index (κ2) is 6.57. The fourth-order valence-electron chi connectivity index (χ4n) is 2.43. The quantitative estimate of drug-likeness (QED) is 0.868. The Labute approximate surface area is 126 Å². The topological polar surface area (TPSA) is 86.0 Å². The van der Waals surface area contributed by atoms with Crippen molar-refractivity contribution < 1.29 is 9.90 Å². The van der Waals surface area contributed by atoms with Gasteiger partial charge in [-0.3, -0.25) is 9.78 Å². The van der Waals surface area contributed by atoms with Gasteiger partial charge in [0.15, 0.2) is 0 Å². The van der Waals surface area contributed by atoms with Crippen LogP contribution in [0.15, 0.2) is 6.07 Å². The highest BCUT2D eigenvalue weighted by atomic mass is 16.4. The summed E-state index contributed by atoms with van der Waals surface area (Å²) < 4.78 is 0. The van der Waals surface area contributed by atoms with Crippen molar-refractivity contribution in [3.05, 3.63) is 23.0 Å². The molecule has 0 saturated carbocycles. The minimum Gasteiger partial charge on any atom is -0.481 e. The van der Waals surface area contributed by atoms with E-state index in [-0.39, 0.29) is 17.9 Å². The molecule has 1 atom stereocenters. The Hall–Kier alpha value is -2.09. The zero-order valence-corrected chi connectivity index (χ0v) is 13.3. The van der Waals surface area contributed by atoms with Crippen molar-refractivity contribution in [3.8, 4) is 6.07 Å². The molecule has 0 aromatic carbocycles. The van der Waals surface area contributed by atoms with E-state index in [2.05, 4.69) is 37.1 Å². The SMILES string of the molecule is Cc1cc(NC(CC(=O)O)CC(C)(C)C)c(C#N)c(C)n1. The molecule has 0 spiro atoms. The van der Waals surface area contributed by atoms with E-state index in [1.807, 2.05) is 6.92 Å². The molecule has 0 aliphatic rings. The van der Waals surface area contributed by atoms with Gasteiger partial charge in [0.05, 0.1) is 23.4 Å². The molecule has 1 aromatic heterocycles. The van der Waals surface area contributed by atoms with Gasteiger partial charge in [-0.25, -0.2) is 0 Å². The Balaban J connectivity index is 3.08. The zero-order chi connectivity index (χ0) is 16.2. The summed E-state index contributed by atoms with van der Waals surface area (Å²) in [6.45, 7) is 9.84. The molecule has 114 valence electrons. The first-order valence-electron chi connectivity index (χ1n) is 6.99. The molecule has 0 aliphatic carbocycles. The van der Waals surface area contributed by atoms with Gasteiger partial charge in [-0.15, -0.1) is 0 Å². The van der Waals surface area contributed by atoms with Gasteiger partial charge in [-0.05, 0) is 31.7 Å². The number of carboxylic acids is 1. The van der Waals surface area contributed by atoms with Crippen LogP contribution in [0.2, 0.25) is 0 Å². The largest absolute Gasteiger partial charge is 0.481 e. The second-order valence-electron chi connectivity index (χ2n) is 6.59.